The van der Waals surface area contributed by atoms with Crippen molar-refractivity contribution < 1.29 is 9.50 Å². The first-order valence-corrected chi connectivity index (χ1v) is 5.23. The monoisotopic (exact) mass is 229 g/mol. The van der Waals surface area contributed by atoms with Crippen LogP contribution in [0.3, 0.4) is 0 Å². The molecule has 0 aliphatic heterocycles. The molecule has 0 spiro atoms. The van der Waals surface area contributed by atoms with Gasteiger partial charge in [-0.25, -0.2) is 4.98 Å². The summed E-state index contributed by atoms with van der Waals surface area (Å²) < 4.78 is 13.6. The van der Waals surface area contributed by atoms with Crippen molar-refractivity contribution in [1.29, 1.82) is 0 Å². The van der Waals surface area contributed by atoms with Crippen LogP contribution in [0, 0.1) is 11.4 Å². The molecule has 1 aliphatic carbocycles. The van der Waals surface area contributed by atoms with Crippen molar-refractivity contribution in [3.05, 3.63) is 28.8 Å². The first kappa shape index (κ1) is 10.8. The van der Waals surface area contributed by atoms with Gasteiger partial charge < -0.3 is 5.11 Å². The largest absolute Gasteiger partial charge is 0.395 e. The SMILES string of the molecule is CC1(C)CC1(CO)c1cc(Cl)cnc1F. The molecule has 1 atom stereocenters. The van der Waals surface area contributed by atoms with Crippen LogP contribution >= 0.6 is 11.6 Å². The van der Waals surface area contributed by atoms with Gasteiger partial charge in [0.25, 0.3) is 0 Å². The predicted octanol–water partition coefficient (Wildman–Crippen LogP) is 2.53. The number of aromatic nitrogens is 1. The lowest BCUT2D eigenvalue weighted by Gasteiger charge is -2.18. The second-order valence-corrected chi connectivity index (χ2v) is 5.23. The lowest BCUT2D eigenvalue weighted by Crippen LogP contribution is -2.21. The zero-order chi connectivity index (χ0) is 11.3. The molecule has 0 amide bonds. The Bertz CT molecular complexity index is 408. The van der Waals surface area contributed by atoms with E-state index in [1.165, 1.54) is 6.20 Å². The third-order valence-corrected chi connectivity index (χ3v) is 3.71. The second kappa shape index (κ2) is 3.16. The molecular weight excluding hydrogens is 217 g/mol. The predicted molar refractivity (Wildman–Crippen MR) is 56.4 cm³/mol. The number of aliphatic hydroxyl groups excluding tert-OH is 1. The lowest BCUT2D eigenvalue weighted by atomic mass is 9.89. The number of aliphatic hydroxyl groups is 1. The maximum atomic E-state index is 13.6. The normalized spacial score (nSPS) is 27.8. The average Bonchev–Trinajstić information content (AvgIpc) is 2.74. The van der Waals surface area contributed by atoms with Crippen LogP contribution in [0.15, 0.2) is 12.3 Å². The van der Waals surface area contributed by atoms with Crippen molar-refractivity contribution in [2.75, 3.05) is 6.61 Å². The van der Waals surface area contributed by atoms with E-state index in [0.29, 0.717) is 10.6 Å². The van der Waals surface area contributed by atoms with Crippen LogP contribution in [-0.4, -0.2) is 16.7 Å². The summed E-state index contributed by atoms with van der Waals surface area (Å²) in [5.74, 6) is -0.529. The highest BCUT2D eigenvalue weighted by Crippen LogP contribution is 2.64. The molecule has 82 valence electrons. The summed E-state index contributed by atoms with van der Waals surface area (Å²) in [4.78, 5) is 3.59. The van der Waals surface area contributed by atoms with Gasteiger partial charge in [-0.2, -0.15) is 4.39 Å². The number of rotatable bonds is 2. The summed E-state index contributed by atoms with van der Waals surface area (Å²) in [6, 6.07) is 1.56. The Labute approximate surface area is 93.1 Å². The Kier molecular flexibility index (Phi) is 2.28. The van der Waals surface area contributed by atoms with Gasteiger partial charge in [0.05, 0.1) is 11.6 Å². The number of hydrogen-bond donors (Lipinski definition) is 1. The van der Waals surface area contributed by atoms with Crippen molar-refractivity contribution in [2.24, 2.45) is 5.41 Å². The molecule has 2 rings (SSSR count). The Hall–Kier alpha value is -0.670. The van der Waals surface area contributed by atoms with E-state index in [4.69, 9.17) is 11.6 Å². The molecule has 1 N–H and O–H groups in total. The van der Waals surface area contributed by atoms with Crippen molar-refractivity contribution in [2.45, 2.75) is 25.7 Å². The molecule has 2 nitrogen and oxygen atoms in total. The highest BCUT2D eigenvalue weighted by molar-refractivity contribution is 6.30. The Morgan fingerprint density at radius 1 is 1.60 bits per heavy atom. The van der Waals surface area contributed by atoms with Crippen LogP contribution in [0.4, 0.5) is 4.39 Å². The fraction of sp³-hybridized carbons (Fsp3) is 0.545. The highest BCUT2D eigenvalue weighted by Gasteiger charge is 2.62. The second-order valence-electron chi connectivity index (χ2n) is 4.79. The fourth-order valence-electron chi connectivity index (χ4n) is 2.28. The zero-order valence-corrected chi connectivity index (χ0v) is 9.48. The van der Waals surface area contributed by atoms with E-state index < -0.39 is 11.4 Å². The van der Waals surface area contributed by atoms with E-state index in [0.717, 1.165) is 6.42 Å². The van der Waals surface area contributed by atoms with Gasteiger partial charge in [-0.3, -0.25) is 0 Å². The summed E-state index contributed by atoms with van der Waals surface area (Å²) in [5.41, 5.74) is -0.160. The molecule has 1 aromatic rings. The minimum absolute atomic E-state index is 0.0705. The smallest absolute Gasteiger partial charge is 0.216 e. The first-order chi connectivity index (χ1) is 6.93. The molecule has 0 aromatic carbocycles. The summed E-state index contributed by atoms with van der Waals surface area (Å²) in [6.07, 6.45) is 2.04. The minimum Gasteiger partial charge on any atom is -0.395 e. The quantitative estimate of drug-likeness (QED) is 0.791. The summed E-state index contributed by atoms with van der Waals surface area (Å²) in [5, 5.41) is 9.83. The van der Waals surface area contributed by atoms with Crippen molar-refractivity contribution in [3.8, 4) is 0 Å². The number of hydrogen-bond acceptors (Lipinski definition) is 2. The van der Waals surface area contributed by atoms with E-state index in [2.05, 4.69) is 4.98 Å². The summed E-state index contributed by atoms with van der Waals surface area (Å²) in [6.45, 7) is 3.94. The van der Waals surface area contributed by atoms with E-state index in [1.54, 1.807) is 6.07 Å². The summed E-state index contributed by atoms with van der Waals surface area (Å²) in [7, 11) is 0. The maximum Gasteiger partial charge on any atom is 0.216 e. The third-order valence-electron chi connectivity index (χ3n) is 3.51. The van der Waals surface area contributed by atoms with Crippen LogP contribution < -0.4 is 0 Å². The van der Waals surface area contributed by atoms with E-state index >= 15 is 0 Å². The van der Waals surface area contributed by atoms with Crippen LogP contribution in [0.5, 0.6) is 0 Å². The van der Waals surface area contributed by atoms with Gasteiger partial charge in [0, 0.05) is 17.2 Å². The van der Waals surface area contributed by atoms with E-state index in [9.17, 15) is 9.50 Å². The molecule has 1 fully saturated rings. The van der Waals surface area contributed by atoms with Gasteiger partial charge in [-0.05, 0) is 17.9 Å². The van der Waals surface area contributed by atoms with E-state index in [-0.39, 0.29) is 12.0 Å². The van der Waals surface area contributed by atoms with Crippen molar-refractivity contribution in [3.63, 3.8) is 0 Å². The van der Waals surface area contributed by atoms with Crippen molar-refractivity contribution >= 4 is 11.6 Å². The number of pyridine rings is 1. The third kappa shape index (κ3) is 1.45. The topological polar surface area (TPSA) is 33.1 Å². The molecule has 1 saturated carbocycles. The highest BCUT2D eigenvalue weighted by atomic mass is 35.5. The standard InChI is InChI=1S/C11H13ClFNO/c1-10(2)5-11(10,6-15)8-3-7(12)4-14-9(8)13/h3-4,15H,5-6H2,1-2H3. The maximum absolute atomic E-state index is 13.6. The molecule has 0 radical (unpaired) electrons. The first-order valence-electron chi connectivity index (χ1n) is 4.85. The van der Waals surface area contributed by atoms with Gasteiger partial charge >= 0.3 is 0 Å². The number of nitrogens with zero attached hydrogens (tertiary/aromatic N) is 1. The van der Waals surface area contributed by atoms with Crippen LogP contribution in [-0.2, 0) is 5.41 Å². The van der Waals surface area contributed by atoms with Crippen LogP contribution in [0.25, 0.3) is 0 Å². The molecule has 15 heavy (non-hydrogen) atoms. The molecule has 4 heteroatoms. The molecule has 1 unspecified atom stereocenters. The number of halogens is 2. The van der Waals surface area contributed by atoms with E-state index in [1.807, 2.05) is 13.8 Å². The molecule has 1 heterocycles. The summed E-state index contributed by atoms with van der Waals surface area (Å²) >= 11 is 5.79. The van der Waals surface area contributed by atoms with Gasteiger partial charge in [0.1, 0.15) is 0 Å². The van der Waals surface area contributed by atoms with Crippen LogP contribution in [0.1, 0.15) is 25.8 Å². The molecular formula is C11H13ClFNO. The van der Waals surface area contributed by atoms with Gasteiger partial charge in [0.2, 0.25) is 5.95 Å². The Morgan fingerprint density at radius 3 is 2.67 bits per heavy atom. The molecule has 0 bridgehead atoms. The average molecular weight is 230 g/mol. The van der Waals surface area contributed by atoms with Gasteiger partial charge in [-0.15, -0.1) is 0 Å². The van der Waals surface area contributed by atoms with Crippen molar-refractivity contribution in [1.82, 2.24) is 4.98 Å². The fourth-order valence-corrected chi connectivity index (χ4v) is 2.44. The zero-order valence-electron chi connectivity index (χ0n) is 8.72. The van der Waals surface area contributed by atoms with Crippen LogP contribution in [0.2, 0.25) is 5.02 Å². The minimum atomic E-state index is -0.529. The Morgan fingerprint density at radius 2 is 2.20 bits per heavy atom. The lowest BCUT2D eigenvalue weighted by molar-refractivity contribution is 0.227. The van der Waals surface area contributed by atoms with Gasteiger partial charge in [0.15, 0.2) is 0 Å². The molecule has 1 aromatic heterocycles. The Balaban J connectivity index is 2.50. The molecule has 1 aliphatic rings. The van der Waals surface area contributed by atoms with Gasteiger partial charge in [-0.1, -0.05) is 25.4 Å². The molecule has 0 saturated heterocycles.